The van der Waals surface area contributed by atoms with Crippen LogP contribution in [0.5, 0.6) is 5.75 Å². The highest BCUT2D eigenvalue weighted by Crippen LogP contribution is 2.23. The van der Waals surface area contributed by atoms with Crippen LogP contribution in [0.3, 0.4) is 0 Å². The van der Waals surface area contributed by atoms with Gasteiger partial charge in [0.1, 0.15) is 12.4 Å². The van der Waals surface area contributed by atoms with E-state index >= 15 is 0 Å². The summed E-state index contributed by atoms with van der Waals surface area (Å²) in [4.78, 5) is 0. The maximum absolute atomic E-state index is 5.92. The second-order valence-electron chi connectivity index (χ2n) is 5.97. The first-order valence-corrected chi connectivity index (χ1v) is 9.44. The number of hydrogen-bond donors (Lipinski definition) is 0. The smallest absolute Gasteiger partial charge is 0.191 e. The second kappa shape index (κ2) is 8.21. The number of para-hydroxylation sites is 1. The van der Waals surface area contributed by atoms with Gasteiger partial charge in [0, 0.05) is 12.3 Å². The van der Waals surface area contributed by atoms with Crippen molar-refractivity contribution >= 4 is 11.8 Å². The first-order chi connectivity index (χ1) is 12.2. The molecular formula is C20H23N3OS. The Labute approximate surface area is 153 Å². The van der Waals surface area contributed by atoms with E-state index in [-0.39, 0.29) is 0 Å². The molecule has 0 bridgehead atoms. The lowest BCUT2D eigenvalue weighted by molar-refractivity contribution is 0.286. The minimum absolute atomic E-state index is 0.427. The molecule has 3 aromatic rings. The highest BCUT2D eigenvalue weighted by molar-refractivity contribution is 7.98. The van der Waals surface area contributed by atoms with E-state index in [1.54, 1.807) is 11.8 Å². The molecule has 0 saturated carbocycles. The lowest BCUT2D eigenvalue weighted by Crippen LogP contribution is -2.07. The van der Waals surface area contributed by atoms with Crippen molar-refractivity contribution in [2.24, 2.45) is 0 Å². The van der Waals surface area contributed by atoms with E-state index in [1.807, 2.05) is 31.2 Å². The van der Waals surface area contributed by atoms with E-state index in [0.29, 0.717) is 6.61 Å². The SMILES string of the molecule is CCn1c(COc2ccccc2C)nnc1SCc1ccc(C)cc1. The van der Waals surface area contributed by atoms with Crippen LogP contribution >= 0.6 is 11.8 Å². The van der Waals surface area contributed by atoms with Crippen LogP contribution in [-0.4, -0.2) is 14.8 Å². The normalized spacial score (nSPS) is 10.8. The van der Waals surface area contributed by atoms with Crippen molar-refractivity contribution in [3.63, 3.8) is 0 Å². The molecule has 0 aliphatic carbocycles. The second-order valence-corrected chi connectivity index (χ2v) is 6.91. The molecule has 0 amide bonds. The number of thioether (sulfide) groups is 1. The zero-order valence-electron chi connectivity index (χ0n) is 14.9. The van der Waals surface area contributed by atoms with Gasteiger partial charge in [0.15, 0.2) is 11.0 Å². The van der Waals surface area contributed by atoms with Gasteiger partial charge in [0.05, 0.1) is 0 Å². The van der Waals surface area contributed by atoms with Crippen molar-refractivity contribution in [1.29, 1.82) is 0 Å². The van der Waals surface area contributed by atoms with Crippen molar-refractivity contribution in [3.05, 3.63) is 71.0 Å². The molecule has 130 valence electrons. The van der Waals surface area contributed by atoms with Gasteiger partial charge in [0.2, 0.25) is 0 Å². The Morgan fingerprint density at radius 2 is 1.76 bits per heavy atom. The summed E-state index contributed by atoms with van der Waals surface area (Å²) in [5.74, 6) is 2.64. The average Bonchev–Trinajstić information content (AvgIpc) is 3.02. The third-order valence-corrected chi connectivity index (χ3v) is 5.09. The van der Waals surface area contributed by atoms with Crippen molar-refractivity contribution in [2.45, 2.75) is 44.8 Å². The van der Waals surface area contributed by atoms with Crippen LogP contribution in [0.1, 0.15) is 29.4 Å². The number of aryl methyl sites for hydroxylation is 2. The molecule has 4 nitrogen and oxygen atoms in total. The van der Waals surface area contributed by atoms with E-state index in [0.717, 1.165) is 34.6 Å². The van der Waals surface area contributed by atoms with Gasteiger partial charge in [-0.05, 0) is 38.0 Å². The summed E-state index contributed by atoms with van der Waals surface area (Å²) in [6.07, 6.45) is 0. The predicted molar refractivity (Wildman–Crippen MR) is 102 cm³/mol. The summed E-state index contributed by atoms with van der Waals surface area (Å²) in [7, 11) is 0. The van der Waals surface area contributed by atoms with Crippen LogP contribution in [-0.2, 0) is 18.9 Å². The summed E-state index contributed by atoms with van der Waals surface area (Å²) >= 11 is 1.71. The zero-order valence-corrected chi connectivity index (χ0v) is 15.7. The molecule has 25 heavy (non-hydrogen) atoms. The number of ether oxygens (including phenoxy) is 1. The van der Waals surface area contributed by atoms with Gasteiger partial charge in [-0.15, -0.1) is 10.2 Å². The van der Waals surface area contributed by atoms with Crippen molar-refractivity contribution in [3.8, 4) is 5.75 Å². The lowest BCUT2D eigenvalue weighted by atomic mass is 10.2. The first-order valence-electron chi connectivity index (χ1n) is 8.46. The van der Waals surface area contributed by atoms with Gasteiger partial charge in [-0.1, -0.05) is 59.8 Å². The fourth-order valence-corrected chi connectivity index (χ4v) is 3.52. The number of benzene rings is 2. The van der Waals surface area contributed by atoms with Crippen molar-refractivity contribution in [2.75, 3.05) is 0 Å². The Kier molecular flexibility index (Phi) is 5.76. The molecule has 3 rings (SSSR count). The average molecular weight is 353 g/mol. The molecule has 0 atom stereocenters. The molecule has 0 N–H and O–H groups in total. The molecule has 5 heteroatoms. The third kappa shape index (κ3) is 4.42. The molecule has 0 aliphatic rings. The van der Waals surface area contributed by atoms with Crippen LogP contribution < -0.4 is 4.74 Å². The standard InChI is InChI=1S/C20H23N3OS/c1-4-23-19(13-24-18-8-6-5-7-16(18)3)21-22-20(23)25-14-17-11-9-15(2)10-12-17/h5-12H,4,13-14H2,1-3H3. The quantitative estimate of drug-likeness (QED) is 0.573. The number of nitrogens with zero attached hydrogens (tertiary/aromatic N) is 3. The van der Waals surface area contributed by atoms with Gasteiger partial charge in [-0.2, -0.15) is 0 Å². The first kappa shape index (κ1) is 17.5. The van der Waals surface area contributed by atoms with Crippen molar-refractivity contribution in [1.82, 2.24) is 14.8 Å². The molecule has 0 aliphatic heterocycles. The summed E-state index contributed by atoms with van der Waals surface area (Å²) < 4.78 is 8.04. The topological polar surface area (TPSA) is 39.9 Å². The van der Waals surface area contributed by atoms with Gasteiger partial charge >= 0.3 is 0 Å². The molecule has 1 heterocycles. The van der Waals surface area contributed by atoms with Crippen molar-refractivity contribution < 1.29 is 4.74 Å². The van der Waals surface area contributed by atoms with Gasteiger partial charge in [0.25, 0.3) is 0 Å². The highest BCUT2D eigenvalue weighted by atomic mass is 32.2. The summed E-state index contributed by atoms with van der Waals surface area (Å²) in [5, 5.41) is 9.61. The van der Waals surface area contributed by atoms with Gasteiger partial charge < -0.3 is 9.30 Å². The third-order valence-electron chi connectivity index (χ3n) is 4.05. The largest absolute Gasteiger partial charge is 0.485 e. The molecule has 0 spiro atoms. The number of aromatic nitrogens is 3. The Balaban J connectivity index is 1.66. The Bertz CT molecular complexity index is 827. The lowest BCUT2D eigenvalue weighted by Gasteiger charge is -2.10. The Morgan fingerprint density at radius 1 is 1.00 bits per heavy atom. The minimum Gasteiger partial charge on any atom is -0.485 e. The summed E-state index contributed by atoms with van der Waals surface area (Å²) in [5.41, 5.74) is 3.69. The summed E-state index contributed by atoms with van der Waals surface area (Å²) in [6.45, 7) is 7.51. The fraction of sp³-hybridized carbons (Fsp3) is 0.300. The maximum atomic E-state index is 5.92. The fourth-order valence-electron chi connectivity index (χ4n) is 2.54. The van der Waals surface area contributed by atoms with E-state index in [4.69, 9.17) is 4.74 Å². The van der Waals surface area contributed by atoms with Crippen LogP contribution in [0.4, 0.5) is 0 Å². The highest BCUT2D eigenvalue weighted by Gasteiger charge is 2.12. The molecule has 0 fully saturated rings. The monoisotopic (exact) mass is 353 g/mol. The molecular weight excluding hydrogens is 330 g/mol. The minimum atomic E-state index is 0.427. The van der Waals surface area contributed by atoms with Crippen LogP contribution in [0.15, 0.2) is 53.7 Å². The maximum Gasteiger partial charge on any atom is 0.191 e. The Morgan fingerprint density at radius 3 is 2.48 bits per heavy atom. The summed E-state index contributed by atoms with van der Waals surface area (Å²) in [6, 6.07) is 16.6. The van der Waals surface area contributed by atoms with E-state index in [9.17, 15) is 0 Å². The predicted octanol–water partition coefficient (Wildman–Crippen LogP) is 4.79. The molecule has 2 aromatic carbocycles. The van der Waals surface area contributed by atoms with Gasteiger partial charge in [-0.25, -0.2) is 0 Å². The zero-order chi connectivity index (χ0) is 17.6. The molecule has 0 saturated heterocycles. The van der Waals surface area contributed by atoms with E-state index in [2.05, 4.69) is 52.9 Å². The Hall–Kier alpha value is -2.27. The molecule has 0 unspecified atom stereocenters. The van der Waals surface area contributed by atoms with Crippen LogP contribution in [0.2, 0.25) is 0 Å². The molecule has 0 radical (unpaired) electrons. The van der Waals surface area contributed by atoms with Crippen LogP contribution in [0, 0.1) is 13.8 Å². The van der Waals surface area contributed by atoms with E-state index in [1.165, 1.54) is 11.1 Å². The van der Waals surface area contributed by atoms with Crippen LogP contribution in [0.25, 0.3) is 0 Å². The molecule has 1 aromatic heterocycles. The van der Waals surface area contributed by atoms with Gasteiger partial charge in [-0.3, -0.25) is 0 Å². The van der Waals surface area contributed by atoms with E-state index < -0.39 is 0 Å². The number of rotatable bonds is 7. The number of hydrogen-bond acceptors (Lipinski definition) is 4.